The number of ether oxygens (including phenoxy) is 2. The fourth-order valence-electron chi connectivity index (χ4n) is 2.51. The number of halogens is 3. The quantitative estimate of drug-likeness (QED) is 0.661. The van der Waals surface area contributed by atoms with Gasteiger partial charge in [-0.3, -0.25) is 0 Å². The molecular weight excluding hydrogens is 317 g/mol. The van der Waals surface area contributed by atoms with Crippen LogP contribution < -0.4 is 4.74 Å². The van der Waals surface area contributed by atoms with Crippen molar-refractivity contribution in [1.29, 1.82) is 0 Å². The summed E-state index contributed by atoms with van der Waals surface area (Å²) in [5.41, 5.74) is -2.43. The largest absolute Gasteiger partial charge is 0.514 e. The zero-order valence-corrected chi connectivity index (χ0v) is 12.3. The van der Waals surface area contributed by atoms with Crippen molar-refractivity contribution in [2.45, 2.75) is 44.4 Å². The van der Waals surface area contributed by atoms with E-state index in [1.807, 2.05) is 0 Å². The molecule has 2 rings (SSSR count). The van der Waals surface area contributed by atoms with Crippen LogP contribution in [0.1, 0.15) is 48.5 Å². The maximum Gasteiger partial charge on any atom is 0.514 e. The first-order valence-corrected chi connectivity index (χ1v) is 6.96. The SMILES string of the molecule is CC1(OC(=O)Oc2cc(C(=O)O)ccc2C(F)(F)F)CCCC1. The Labute approximate surface area is 130 Å². The topological polar surface area (TPSA) is 72.8 Å². The van der Waals surface area contributed by atoms with Crippen molar-refractivity contribution in [3.8, 4) is 5.75 Å². The monoisotopic (exact) mass is 332 g/mol. The third-order valence-corrected chi connectivity index (χ3v) is 3.72. The first-order valence-electron chi connectivity index (χ1n) is 6.96. The van der Waals surface area contributed by atoms with Crippen molar-refractivity contribution in [3.05, 3.63) is 29.3 Å². The van der Waals surface area contributed by atoms with Crippen LogP contribution in [0.2, 0.25) is 0 Å². The molecule has 1 saturated carbocycles. The van der Waals surface area contributed by atoms with Gasteiger partial charge in [0.05, 0.1) is 11.1 Å². The van der Waals surface area contributed by atoms with Crippen LogP contribution in [-0.4, -0.2) is 22.8 Å². The molecule has 126 valence electrons. The summed E-state index contributed by atoms with van der Waals surface area (Å²) < 4.78 is 48.5. The standard InChI is InChI=1S/C15H15F3O5/c1-14(6-2-3-7-14)23-13(21)22-11-8-9(12(19)20)4-5-10(11)15(16,17)18/h4-5,8H,2-3,6-7H2,1H3,(H,19,20). The van der Waals surface area contributed by atoms with Crippen LogP contribution >= 0.6 is 0 Å². The summed E-state index contributed by atoms with van der Waals surface area (Å²) in [6.45, 7) is 1.68. The zero-order valence-electron chi connectivity index (χ0n) is 12.3. The Hall–Kier alpha value is -2.25. The lowest BCUT2D eigenvalue weighted by Gasteiger charge is -2.23. The summed E-state index contributed by atoms with van der Waals surface area (Å²) in [5.74, 6) is -2.32. The first kappa shape index (κ1) is 17.1. The van der Waals surface area contributed by atoms with Gasteiger partial charge in [0.25, 0.3) is 0 Å². The maximum absolute atomic E-state index is 12.9. The number of alkyl halides is 3. The van der Waals surface area contributed by atoms with Gasteiger partial charge in [-0.25, -0.2) is 9.59 Å². The summed E-state index contributed by atoms with van der Waals surface area (Å²) in [4.78, 5) is 22.7. The average Bonchev–Trinajstić information content (AvgIpc) is 2.83. The van der Waals surface area contributed by atoms with E-state index >= 15 is 0 Å². The molecule has 0 aliphatic heterocycles. The molecule has 0 atom stereocenters. The molecule has 8 heteroatoms. The lowest BCUT2D eigenvalue weighted by molar-refractivity contribution is -0.138. The number of hydrogen-bond acceptors (Lipinski definition) is 4. The second kappa shape index (κ2) is 6.10. The Kier molecular flexibility index (Phi) is 4.53. The zero-order chi connectivity index (χ0) is 17.3. The molecule has 5 nitrogen and oxygen atoms in total. The highest BCUT2D eigenvalue weighted by Crippen LogP contribution is 2.38. The normalized spacial score (nSPS) is 16.9. The van der Waals surface area contributed by atoms with Gasteiger partial charge in [-0.05, 0) is 50.8 Å². The molecule has 0 aromatic heterocycles. The molecule has 0 unspecified atom stereocenters. The Bertz CT molecular complexity index is 618. The fourth-order valence-corrected chi connectivity index (χ4v) is 2.51. The third-order valence-electron chi connectivity index (χ3n) is 3.72. The van der Waals surface area contributed by atoms with Crippen LogP contribution in [0.15, 0.2) is 18.2 Å². The first-order chi connectivity index (χ1) is 10.6. The van der Waals surface area contributed by atoms with Crippen LogP contribution in [0.4, 0.5) is 18.0 Å². The van der Waals surface area contributed by atoms with Gasteiger partial charge >= 0.3 is 18.3 Å². The van der Waals surface area contributed by atoms with Crippen LogP contribution in [0.5, 0.6) is 5.75 Å². The van der Waals surface area contributed by atoms with Crippen LogP contribution in [-0.2, 0) is 10.9 Å². The van der Waals surface area contributed by atoms with Crippen molar-refractivity contribution in [2.75, 3.05) is 0 Å². The highest BCUT2D eigenvalue weighted by Gasteiger charge is 2.37. The molecule has 0 amide bonds. The predicted octanol–water partition coefficient (Wildman–Crippen LogP) is 4.25. The van der Waals surface area contributed by atoms with Crippen molar-refractivity contribution < 1.29 is 37.3 Å². The smallest absolute Gasteiger partial charge is 0.478 e. The highest BCUT2D eigenvalue weighted by molar-refractivity contribution is 5.88. The number of hydrogen-bond donors (Lipinski definition) is 1. The molecule has 1 fully saturated rings. The lowest BCUT2D eigenvalue weighted by atomic mass is 10.1. The molecule has 1 aliphatic rings. The number of carbonyl (C=O) groups is 2. The highest BCUT2D eigenvalue weighted by atomic mass is 19.4. The van der Waals surface area contributed by atoms with Crippen LogP contribution in [0.3, 0.4) is 0 Å². The molecule has 23 heavy (non-hydrogen) atoms. The van der Waals surface area contributed by atoms with Crippen molar-refractivity contribution in [3.63, 3.8) is 0 Å². The number of carboxylic acid groups (broad SMARTS) is 1. The summed E-state index contributed by atoms with van der Waals surface area (Å²) >= 11 is 0. The molecular formula is C15H15F3O5. The molecule has 0 heterocycles. The van der Waals surface area contributed by atoms with E-state index in [9.17, 15) is 22.8 Å². The maximum atomic E-state index is 12.9. The van der Waals surface area contributed by atoms with E-state index in [1.165, 1.54) is 0 Å². The fraction of sp³-hybridized carbons (Fsp3) is 0.467. The van der Waals surface area contributed by atoms with E-state index in [0.717, 1.165) is 18.9 Å². The Morgan fingerprint density at radius 1 is 1.22 bits per heavy atom. The molecule has 1 N–H and O–H groups in total. The van der Waals surface area contributed by atoms with E-state index in [0.29, 0.717) is 25.0 Å². The number of aromatic carboxylic acids is 1. The van der Waals surface area contributed by atoms with Gasteiger partial charge in [0.2, 0.25) is 0 Å². The number of benzene rings is 1. The predicted molar refractivity (Wildman–Crippen MR) is 72.4 cm³/mol. The van der Waals surface area contributed by atoms with Gasteiger partial charge in [-0.1, -0.05) is 0 Å². The van der Waals surface area contributed by atoms with E-state index in [4.69, 9.17) is 9.84 Å². The minimum atomic E-state index is -4.79. The Balaban J connectivity index is 2.24. The molecule has 1 aromatic carbocycles. The van der Waals surface area contributed by atoms with Crippen LogP contribution in [0, 0.1) is 0 Å². The number of rotatable bonds is 3. The minimum absolute atomic E-state index is 0.423. The van der Waals surface area contributed by atoms with E-state index < -0.39 is 40.8 Å². The Morgan fingerprint density at radius 2 is 1.83 bits per heavy atom. The van der Waals surface area contributed by atoms with E-state index in [1.54, 1.807) is 6.92 Å². The van der Waals surface area contributed by atoms with Gasteiger partial charge in [0.1, 0.15) is 11.4 Å². The van der Waals surface area contributed by atoms with Crippen molar-refractivity contribution in [2.24, 2.45) is 0 Å². The molecule has 0 bridgehead atoms. The van der Waals surface area contributed by atoms with Crippen LogP contribution in [0.25, 0.3) is 0 Å². The van der Waals surface area contributed by atoms with Gasteiger partial charge in [-0.2, -0.15) is 13.2 Å². The van der Waals surface area contributed by atoms with Gasteiger partial charge in [0, 0.05) is 0 Å². The van der Waals surface area contributed by atoms with E-state index in [2.05, 4.69) is 4.74 Å². The number of carbonyl (C=O) groups excluding carboxylic acids is 1. The lowest BCUT2D eigenvalue weighted by Crippen LogP contribution is -2.30. The van der Waals surface area contributed by atoms with Gasteiger partial charge in [-0.15, -0.1) is 0 Å². The number of carboxylic acids is 1. The molecule has 1 aromatic rings. The average molecular weight is 332 g/mol. The second-order valence-corrected chi connectivity index (χ2v) is 5.62. The van der Waals surface area contributed by atoms with Gasteiger partial charge in [0.15, 0.2) is 0 Å². The molecule has 0 radical (unpaired) electrons. The summed E-state index contributed by atoms with van der Waals surface area (Å²) in [6.07, 6.45) is -3.16. The second-order valence-electron chi connectivity index (χ2n) is 5.62. The minimum Gasteiger partial charge on any atom is -0.478 e. The Morgan fingerprint density at radius 3 is 2.35 bits per heavy atom. The summed E-state index contributed by atoms with van der Waals surface area (Å²) in [6, 6.07) is 2.01. The van der Waals surface area contributed by atoms with Crippen molar-refractivity contribution in [1.82, 2.24) is 0 Å². The molecule has 0 saturated heterocycles. The van der Waals surface area contributed by atoms with E-state index in [-0.39, 0.29) is 0 Å². The molecule has 1 aliphatic carbocycles. The summed E-state index contributed by atoms with van der Waals surface area (Å²) in [7, 11) is 0. The van der Waals surface area contributed by atoms with Crippen molar-refractivity contribution >= 4 is 12.1 Å². The third kappa shape index (κ3) is 4.14. The van der Waals surface area contributed by atoms with Gasteiger partial charge < -0.3 is 14.6 Å². The summed E-state index contributed by atoms with van der Waals surface area (Å²) in [5, 5.41) is 8.85. The molecule has 0 spiro atoms.